The van der Waals surface area contributed by atoms with Gasteiger partial charge in [-0.2, -0.15) is 5.10 Å². The molecule has 0 unspecified atom stereocenters. The Hall–Kier alpha value is -3.03. The number of rotatable bonds is 5. The molecule has 2 aliphatic rings. The molecule has 0 spiro atoms. The Morgan fingerprint density at radius 3 is 2.40 bits per heavy atom. The molecule has 1 fully saturated rings. The van der Waals surface area contributed by atoms with Crippen LogP contribution in [0.1, 0.15) is 11.1 Å². The van der Waals surface area contributed by atoms with Gasteiger partial charge < -0.3 is 14.6 Å². The number of hydrogen-bond donors (Lipinski definition) is 1. The van der Waals surface area contributed by atoms with Crippen LogP contribution >= 0.6 is 0 Å². The van der Waals surface area contributed by atoms with Crippen molar-refractivity contribution in [1.82, 2.24) is 19.6 Å². The lowest BCUT2D eigenvalue weighted by molar-refractivity contribution is 0.121. The normalized spacial score (nSPS) is 17.2. The van der Waals surface area contributed by atoms with Gasteiger partial charge in [0.05, 0.1) is 5.69 Å². The molecule has 0 saturated carbocycles. The summed E-state index contributed by atoms with van der Waals surface area (Å²) in [7, 11) is 0. The average Bonchev–Trinajstić information content (AvgIpc) is 3.31. The molecule has 2 aromatic carbocycles. The summed E-state index contributed by atoms with van der Waals surface area (Å²) in [5.41, 5.74) is 3.09. The largest absolute Gasteiger partial charge is 0.508 e. The second-order valence-corrected chi connectivity index (χ2v) is 7.76. The number of piperazine rings is 1. The van der Waals surface area contributed by atoms with Crippen molar-refractivity contribution in [2.45, 2.75) is 13.1 Å². The average molecular weight is 406 g/mol. The van der Waals surface area contributed by atoms with E-state index in [2.05, 4.69) is 27.0 Å². The Balaban J connectivity index is 1.21. The van der Waals surface area contributed by atoms with Gasteiger partial charge in [0.1, 0.15) is 19.0 Å². The number of phenolic OH excluding ortho intramolecular Hbond substituents is 1. The third kappa shape index (κ3) is 3.99. The van der Waals surface area contributed by atoms with Crippen LogP contribution in [0.4, 0.5) is 0 Å². The molecule has 7 heteroatoms. The Kier molecular flexibility index (Phi) is 5.29. The molecule has 5 rings (SSSR count). The van der Waals surface area contributed by atoms with Crippen LogP contribution in [0.25, 0.3) is 5.69 Å². The van der Waals surface area contributed by atoms with Crippen LogP contribution in [0.2, 0.25) is 0 Å². The summed E-state index contributed by atoms with van der Waals surface area (Å²) in [5, 5.41) is 14.8. The van der Waals surface area contributed by atoms with Crippen molar-refractivity contribution in [3.8, 4) is 22.9 Å². The number of benzene rings is 2. The van der Waals surface area contributed by atoms with Gasteiger partial charge in [-0.25, -0.2) is 4.68 Å². The number of nitrogens with zero attached hydrogens (tertiary/aromatic N) is 4. The van der Waals surface area contributed by atoms with E-state index < -0.39 is 0 Å². The molecule has 0 radical (unpaired) electrons. The standard InChI is InChI=1S/C23H26N4O3/c28-21-4-1-3-20(27-8-2-7-24-27)19(21)17-26-11-9-25(10-12-26)16-18-5-6-22-23(15-18)30-14-13-29-22/h1-8,15,28H,9-14,16-17H2. The summed E-state index contributed by atoms with van der Waals surface area (Å²) in [4.78, 5) is 4.85. The van der Waals surface area contributed by atoms with E-state index in [1.54, 1.807) is 12.3 Å². The third-order valence-corrected chi connectivity index (χ3v) is 5.74. The molecule has 0 aliphatic carbocycles. The Morgan fingerprint density at radius 1 is 0.867 bits per heavy atom. The summed E-state index contributed by atoms with van der Waals surface area (Å²) < 4.78 is 13.1. The number of phenols is 1. The molecule has 7 nitrogen and oxygen atoms in total. The zero-order valence-corrected chi connectivity index (χ0v) is 16.9. The highest BCUT2D eigenvalue weighted by molar-refractivity contribution is 5.48. The van der Waals surface area contributed by atoms with Gasteiger partial charge in [0, 0.05) is 57.2 Å². The van der Waals surface area contributed by atoms with Crippen molar-refractivity contribution in [2.75, 3.05) is 39.4 Å². The van der Waals surface area contributed by atoms with Gasteiger partial charge in [0.25, 0.3) is 0 Å². The van der Waals surface area contributed by atoms with Gasteiger partial charge in [-0.3, -0.25) is 9.80 Å². The van der Waals surface area contributed by atoms with Gasteiger partial charge in [0.15, 0.2) is 11.5 Å². The smallest absolute Gasteiger partial charge is 0.161 e. The molecular weight excluding hydrogens is 380 g/mol. The summed E-state index contributed by atoms with van der Waals surface area (Å²) in [6, 6.07) is 13.7. The SMILES string of the molecule is Oc1cccc(-n2cccn2)c1CN1CCN(Cc2ccc3c(c2)OCCO3)CC1. The van der Waals surface area contributed by atoms with Crippen molar-refractivity contribution in [1.29, 1.82) is 0 Å². The van der Waals surface area contributed by atoms with E-state index in [-0.39, 0.29) is 0 Å². The summed E-state index contributed by atoms with van der Waals surface area (Å²) in [5.74, 6) is 2.01. The van der Waals surface area contributed by atoms with Crippen molar-refractivity contribution >= 4 is 0 Å². The number of ether oxygens (including phenoxy) is 2. The highest BCUT2D eigenvalue weighted by Gasteiger charge is 2.21. The molecule has 3 aromatic rings. The fourth-order valence-electron chi connectivity index (χ4n) is 4.12. The van der Waals surface area contributed by atoms with Gasteiger partial charge >= 0.3 is 0 Å². The molecule has 1 saturated heterocycles. The molecular formula is C23H26N4O3. The quantitative estimate of drug-likeness (QED) is 0.703. The Morgan fingerprint density at radius 2 is 1.63 bits per heavy atom. The monoisotopic (exact) mass is 406 g/mol. The second kappa shape index (κ2) is 8.38. The van der Waals surface area contributed by atoms with Crippen molar-refractivity contribution in [3.05, 3.63) is 66.0 Å². The van der Waals surface area contributed by atoms with E-state index in [1.165, 1.54) is 5.56 Å². The van der Waals surface area contributed by atoms with Crippen LogP contribution in [-0.2, 0) is 13.1 Å². The molecule has 0 amide bonds. The van der Waals surface area contributed by atoms with E-state index >= 15 is 0 Å². The van der Waals surface area contributed by atoms with Crippen LogP contribution in [0, 0.1) is 0 Å². The summed E-state index contributed by atoms with van der Waals surface area (Å²) >= 11 is 0. The van der Waals surface area contributed by atoms with Crippen molar-refractivity contribution in [2.24, 2.45) is 0 Å². The minimum absolute atomic E-state index is 0.321. The first-order valence-electron chi connectivity index (χ1n) is 10.4. The number of aromatic hydroxyl groups is 1. The number of fused-ring (bicyclic) bond motifs is 1. The first kappa shape index (κ1) is 19.0. The lowest BCUT2D eigenvalue weighted by atomic mass is 10.1. The molecule has 0 atom stereocenters. The fraction of sp³-hybridized carbons (Fsp3) is 0.348. The maximum Gasteiger partial charge on any atom is 0.161 e. The minimum Gasteiger partial charge on any atom is -0.508 e. The van der Waals surface area contributed by atoms with Gasteiger partial charge in [-0.1, -0.05) is 12.1 Å². The number of aromatic nitrogens is 2. The van der Waals surface area contributed by atoms with Crippen LogP contribution in [0.15, 0.2) is 54.9 Å². The highest BCUT2D eigenvalue weighted by atomic mass is 16.6. The van der Waals surface area contributed by atoms with Crippen LogP contribution in [0.3, 0.4) is 0 Å². The van der Waals surface area contributed by atoms with Crippen LogP contribution < -0.4 is 9.47 Å². The molecule has 2 aliphatic heterocycles. The van der Waals surface area contributed by atoms with E-state index in [1.807, 2.05) is 35.1 Å². The zero-order valence-electron chi connectivity index (χ0n) is 16.9. The van der Waals surface area contributed by atoms with Crippen molar-refractivity contribution in [3.63, 3.8) is 0 Å². The lowest BCUT2D eigenvalue weighted by Gasteiger charge is -2.35. The summed E-state index contributed by atoms with van der Waals surface area (Å²) in [6.07, 6.45) is 3.66. The predicted molar refractivity (Wildman–Crippen MR) is 113 cm³/mol. The molecule has 3 heterocycles. The van der Waals surface area contributed by atoms with Crippen LogP contribution in [-0.4, -0.2) is 64.1 Å². The maximum absolute atomic E-state index is 10.5. The van der Waals surface area contributed by atoms with Crippen LogP contribution in [0.5, 0.6) is 17.2 Å². The minimum atomic E-state index is 0.321. The summed E-state index contributed by atoms with van der Waals surface area (Å²) in [6.45, 7) is 6.72. The van der Waals surface area contributed by atoms with E-state index in [9.17, 15) is 5.11 Å². The van der Waals surface area contributed by atoms with E-state index in [4.69, 9.17) is 9.47 Å². The van der Waals surface area contributed by atoms with Crippen molar-refractivity contribution < 1.29 is 14.6 Å². The Labute approximate surface area is 176 Å². The third-order valence-electron chi connectivity index (χ3n) is 5.74. The van der Waals surface area contributed by atoms with Gasteiger partial charge in [-0.05, 0) is 35.9 Å². The van der Waals surface area contributed by atoms with E-state index in [0.717, 1.165) is 55.5 Å². The molecule has 156 valence electrons. The first-order valence-corrected chi connectivity index (χ1v) is 10.4. The number of hydrogen-bond acceptors (Lipinski definition) is 6. The predicted octanol–water partition coefficient (Wildman–Crippen LogP) is 2.67. The topological polar surface area (TPSA) is 63.0 Å². The van der Waals surface area contributed by atoms with Gasteiger partial charge in [0.2, 0.25) is 0 Å². The van der Waals surface area contributed by atoms with Gasteiger partial charge in [-0.15, -0.1) is 0 Å². The zero-order chi connectivity index (χ0) is 20.3. The maximum atomic E-state index is 10.5. The van der Waals surface area contributed by atoms with E-state index in [0.29, 0.717) is 25.5 Å². The molecule has 1 N–H and O–H groups in total. The Bertz CT molecular complexity index is 998. The highest BCUT2D eigenvalue weighted by Crippen LogP contribution is 2.31. The molecule has 30 heavy (non-hydrogen) atoms. The lowest BCUT2D eigenvalue weighted by Crippen LogP contribution is -2.45. The first-order chi connectivity index (χ1) is 14.8. The fourth-order valence-corrected chi connectivity index (χ4v) is 4.12. The second-order valence-electron chi connectivity index (χ2n) is 7.76. The molecule has 0 bridgehead atoms. The molecule has 1 aromatic heterocycles.